The maximum absolute atomic E-state index is 6.22. The molecular weight excluding hydrogens is 270 g/mol. The van der Waals surface area contributed by atoms with Crippen molar-refractivity contribution in [2.45, 2.75) is 26.2 Å². The summed E-state index contributed by atoms with van der Waals surface area (Å²) >= 11 is 6.22. The van der Waals surface area contributed by atoms with Crippen LogP contribution in [0.3, 0.4) is 0 Å². The molecular formula is C17H20ClNO. The molecule has 2 aromatic carbocycles. The summed E-state index contributed by atoms with van der Waals surface area (Å²) in [5.74, 6) is 2.06. The van der Waals surface area contributed by atoms with E-state index in [4.69, 9.17) is 22.1 Å². The molecule has 0 radical (unpaired) electrons. The molecule has 0 aliphatic rings. The third kappa shape index (κ3) is 3.75. The van der Waals surface area contributed by atoms with Gasteiger partial charge in [-0.3, -0.25) is 0 Å². The Hall–Kier alpha value is -1.51. The van der Waals surface area contributed by atoms with Crippen molar-refractivity contribution < 1.29 is 4.74 Å². The highest BCUT2D eigenvalue weighted by atomic mass is 35.5. The monoisotopic (exact) mass is 289 g/mol. The highest BCUT2D eigenvalue weighted by Gasteiger charge is 2.05. The molecule has 20 heavy (non-hydrogen) atoms. The summed E-state index contributed by atoms with van der Waals surface area (Å²) < 4.78 is 5.87. The third-order valence-corrected chi connectivity index (χ3v) is 3.55. The van der Waals surface area contributed by atoms with Gasteiger partial charge in [0.15, 0.2) is 0 Å². The Balaban J connectivity index is 2.17. The lowest BCUT2D eigenvalue weighted by Crippen LogP contribution is -2.03. The molecule has 0 saturated heterocycles. The number of hydrogen-bond acceptors (Lipinski definition) is 2. The maximum Gasteiger partial charge on any atom is 0.128 e. The van der Waals surface area contributed by atoms with Crippen molar-refractivity contribution in [3.05, 3.63) is 58.6 Å². The number of halogens is 1. The van der Waals surface area contributed by atoms with Crippen molar-refractivity contribution in [1.82, 2.24) is 0 Å². The van der Waals surface area contributed by atoms with E-state index in [-0.39, 0.29) is 0 Å². The van der Waals surface area contributed by atoms with Gasteiger partial charge in [0.2, 0.25) is 0 Å². The smallest absolute Gasteiger partial charge is 0.128 e. The van der Waals surface area contributed by atoms with Gasteiger partial charge in [0.05, 0.1) is 0 Å². The molecule has 2 nitrogen and oxygen atoms in total. The summed E-state index contributed by atoms with van der Waals surface area (Å²) in [6, 6.07) is 13.9. The third-order valence-electron chi connectivity index (χ3n) is 3.20. The Morgan fingerprint density at radius 3 is 2.50 bits per heavy atom. The normalized spacial score (nSPS) is 10.8. The fourth-order valence-corrected chi connectivity index (χ4v) is 2.29. The van der Waals surface area contributed by atoms with Gasteiger partial charge in [-0.15, -0.1) is 0 Å². The first-order valence-corrected chi connectivity index (χ1v) is 7.24. The van der Waals surface area contributed by atoms with Gasteiger partial charge in [0.1, 0.15) is 11.5 Å². The van der Waals surface area contributed by atoms with E-state index in [1.54, 1.807) is 0 Å². The average Bonchev–Trinajstić information content (AvgIpc) is 2.42. The van der Waals surface area contributed by atoms with Crippen molar-refractivity contribution >= 4 is 11.6 Å². The van der Waals surface area contributed by atoms with Crippen molar-refractivity contribution in [1.29, 1.82) is 0 Å². The van der Waals surface area contributed by atoms with Crippen molar-refractivity contribution in [2.75, 3.05) is 6.54 Å². The van der Waals surface area contributed by atoms with Crippen LogP contribution in [0.5, 0.6) is 11.5 Å². The molecule has 3 heteroatoms. The lowest BCUT2D eigenvalue weighted by atomic mass is 10.0. The van der Waals surface area contributed by atoms with Crippen molar-refractivity contribution in [2.24, 2.45) is 5.73 Å². The van der Waals surface area contributed by atoms with Gasteiger partial charge < -0.3 is 10.5 Å². The maximum atomic E-state index is 6.22. The van der Waals surface area contributed by atoms with E-state index in [1.807, 2.05) is 30.3 Å². The zero-order chi connectivity index (χ0) is 14.5. The van der Waals surface area contributed by atoms with Crippen LogP contribution in [0.4, 0.5) is 0 Å². The van der Waals surface area contributed by atoms with Gasteiger partial charge in [-0.05, 0) is 54.3 Å². The largest absolute Gasteiger partial charge is 0.457 e. The van der Waals surface area contributed by atoms with Gasteiger partial charge in [-0.2, -0.15) is 0 Å². The van der Waals surface area contributed by atoms with Crippen LogP contribution in [0.15, 0.2) is 42.5 Å². The van der Waals surface area contributed by atoms with Crippen LogP contribution in [-0.4, -0.2) is 6.54 Å². The molecule has 2 rings (SSSR count). The summed E-state index contributed by atoms with van der Waals surface area (Å²) in [5.41, 5.74) is 7.86. The summed E-state index contributed by atoms with van der Waals surface area (Å²) in [6.07, 6.45) is 0.780. The second kappa shape index (κ2) is 6.78. The van der Waals surface area contributed by atoms with Crippen LogP contribution < -0.4 is 10.5 Å². The minimum atomic E-state index is 0.481. The summed E-state index contributed by atoms with van der Waals surface area (Å²) in [5, 5.41) is 0.702. The van der Waals surface area contributed by atoms with E-state index < -0.39 is 0 Å². The molecule has 0 saturated carbocycles. The summed E-state index contributed by atoms with van der Waals surface area (Å²) in [4.78, 5) is 0. The van der Waals surface area contributed by atoms with Crippen molar-refractivity contribution in [3.63, 3.8) is 0 Å². The predicted molar refractivity (Wildman–Crippen MR) is 84.8 cm³/mol. The van der Waals surface area contributed by atoms with E-state index in [0.717, 1.165) is 23.5 Å². The fourth-order valence-electron chi connectivity index (χ4n) is 2.02. The number of hydrogen-bond donors (Lipinski definition) is 1. The first-order valence-electron chi connectivity index (χ1n) is 6.86. The lowest BCUT2D eigenvalue weighted by molar-refractivity contribution is 0.481. The van der Waals surface area contributed by atoms with Crippen molar-refractivity contribution in [3.8, 4) is 11.5 Å². The Morgan fingerprint density at radius 1 is 1.10 bits per heavy atom. The average molecular weight is 290 g/mol. The molecule has 0 heterocycles. The molecule has 0 aromatic heterocycles. The van der Waals surface area contributed by atoms with Gasteiger partial charge in [0.25, 0.3) is 0 Å². The standard InChI is InChI=1S/C17H20ClNO/c1-12(2)14-4-3-5-15(10-14)20-16-7-6-13(8-9-19)17(18)11-16/h3-7,10-12H,8-9,19H2,1-2H3. The van der Waals surface area contributed by atoms with Crippen LogP contribution >= 0.6 is 11.6 Å². The van der Waals surface area contributed by atoms with E-state index in [2.05, 4.69) is 26.0 Å². The summed E-state index contributed by atoms with van der Waals surface area (Å²) in [6.45, 7) is 4.92. The molecule has 0 unspecified atom stereocenters. The van der Waals surface area contributed by atoms with Gasteiger partial charge in [-0.25, -0.2) is 0 Å². The zero-order valence-corrected chi connectivity index (χ0v) is 12.7. The Morgan fingerprint density at radius 2 is 1.85 bits per heavy atom. The molecule has 0 atom stereocenters. The predicted octanol–water partition coefficient (Wildman–Crippen LogP) is 4.76. The lowest BCUT2D eigenvalue weighted by Gasteiger charge is -2.11. The van der Waals surface area contributed by atoms with Crippen LogP contribution in [-0.2, 0) is 6.42 Å². The van der Waals surface area contributed by atoms with Crippen LogP contribution in [0.2, 0.25) is 5.02 Å². The molecule has 2 aromatic rings. The minimum absolute atomic E-state index is 0.481. The molecule has 2 N–H and O–H groups in total. The van der Waals surface area contributed by atoms with Gasteiger partial charge >= 0.3 is 0 Å². The fraction of sp³-hybridized carbons (Fsp3) is 0.294. The Kier molecular flexibility index (Phi) is 5.05. The minimum Gasteiger partial charge on any atom is -0.457 e. The van der Waals surface area contributed by atoms with Crippen LogP contribution in [0, 0.1) is 0 Å². The SMILES string of the molecule is CC(C)c1cccc(Oc2ccc(CCN)c(Cl)c2)c1. The first-order chi connectivity index (χ1) is 9.60. The van der Waals surface area contributed by atoms with E-state index >= 15 is 0 Å². The van der Waals surface area contributed by atoms with E-state index in [1.165, 1.54) is 5.56 Å². The molecule has 0 fully saturated rings. The number of nitrogens with two attached hydrogens (primary N) is 1. The highest BCUT2D eigenvalue weighted by Crippen LogP contribution is 2.28. The molecule has 0 bridgehead atoms. The van der Waals surface area contributed by atoms with Gasteiger partial charge in [0, 0.05) is 5.02 Å². The zero-order valence-electron chi connectivity index (χ0n) is 11.9. The van der Waals surface area contributed by atoms with E-state index in [9.17, 15) is 0 Å². The topological polar surface area (TPSA) is 35.2 Å². The number of rotatable bonds is 5. The quantitative estimate of drug-likeness (QED) is 0.861. The Bertz CT molecular complexity index is 581. The number of benzene rings is 2. The highest BCUT2D eigenvalue weighted by molar-refractivity contribution is 6.31. The summed E-state index contributed by atoms with van der Waals surface area (Å²) in [7, 11) is 0. The second-order valence-electron chi connectivity index (χ2n) is 5.12. The number of ether oxygens (including phenoxy) is 1. The molecule has 0 aliphatic heterocycles. The Labute approximate surface area is 125 Å². The first kappa shape index (κ1) is 14.9. The van der Waals surface area contributed by atoms with E-state index in [0.29, 0.717) is 17.5 Å². The molecule has 106 valence electrons. The molecule has 0 aliphatic carbocycles. The molecule has 0 amide bonds. The second-order valence-corrected chi connectivity index (χ2v) is 5.53. The van der Waals surface area contributed by atoms with Gasteiger partial charge in [-0.1, -0.05) is 43.6 Å². The van der Waals surface area contributed by atoms with Crippen LogP contribution in [0.25, 0.3) is 0 Å². The molecule has 0 spiro atoms. The van der Waals surface area contributed by atoms with Crippen LogP contribution in [0.1, 0.15) is 30.9 Å².